The maximum absolute atomic E-state index is 5.44. The van der Waals surface area contributed by atoms with Gasteiger partial charge in [-0.3, -0.25) is 4.68 Å². The number of anilines is 3. The molecule has 1 saturated heterocycles. The zero-order chi connectivity index (χ0) is 18.8. The Labute approximate surface area is 158 Å². The molecule has 142 valence electrons. The van der Waals surface area contributed by atoms with Crippen LogP contribution in [0.3, 0.4) is 0 Å². The van der Waals surface area contributed by atoms with E-state index in [1.165, 1.54) is 0 Å². The van der Waals surface area contributed by atoms with Crippen LogP contribution >= 0.6 is 0 Å². The second-order valence-corrected chi connectivity index (χ2v) is 7.10. The molecule has 8 heteroatoms. The van der Waals surface area contributed by atoms with Gasteiger partial charge in [-0.05, 0) is 32.8 Å². The largest absolute Gasteiger partial charge is 0.381 e. The Morgan fingerprint density at radius 1 is 1.15 bits per heavy atom. The molecule has 4 rings (SSSR count). The summed E-state index contributed by atoms with van der Waals surface area (Å²) in [6, 6.07) is 4.16. The number of aromatic nitrogens is 5. The van der Waals surface area contributed by atoms with Gasteiger partial charge in [-0.1, -0.05) is 0 Å². The molecule has 0 aromatic carbocycles. The molecule has 1 N–H and O–H groups in total. The van der Waals surface area contributed by atoms with Crippen molar-refractivity contribution in [3.05, 3.63) is 30.7 Å². The van der Waals surface area contributed by atoms with Gasteiger partial charge in [-0.25, -0.2) is 9.97 Å². The van der Waals surface area contributed by atoms with Crippen LogP contribution in [0, 0.1) is 0 Å². The van der Waals surface area contributed by atoms with Crippen LogP contribution in [0.5, 0.6) is 0 Å². The molecule has 3 aromatic heterocycles. The lowest BCUT2D eigenvalue weighted by Crippen LogP contribution is -2.37. The fraction of sp³-hybridized carbons (Fsp3) is 0.474. The molecule has 3 aromatic rings. The first-order valence-corrected chi connectivity index (χ1v) is 9.35. The van der Waals surface area contributed by atoms with Gasteiger partial charge in [0.05, 0.1) is 17.8 Å². The van der Waals surface area contributed by atoms with Gasteiger partial charge in [-0.2, -0.15) is 10.1 Å². The smallest absolute Gasteiger partial charge is 0.227 e. The molecule has 27 heavy (non-hydrogen) atoms. The average Bonchev–Trinajstić information content (AvgIpc) is 3.12. The summed E-state index contributed by atoms with van der Waals surface area (Å²) in [7, 11) is 1.77. The first kappa shape index (κ1) is 17.7. The topological polar surface area (TPSA) is 81.0 Å². The molecule has 1 aliphatic rings. The molecule has 0 spiro atoms. The van der Waals surface area contributed by atoms with E-state index in [2.05, 4.69) is 44.1 Å². The number of hydrogen-bond acceptors (Lipinski definition) is 7. The van der Waals surface area contributed by atoms with E-state index in [1.54, 1.807) is 13.3 Å². The van der Waals surface area contributed by atoms with Gasteiger partial charge in [0.2, 0.25) is 5.95 Å². The second kappa shape index (κ2) is 7.48. The summed E-state index contributed by atoms with van der Waals surface area (Å²) in [6.45, 7) is 6.03. The molecule has 0 bridgehead atoms. The second-order valence-electron chi connectivity index (χ2n) is 7.10. The van der Waals surface area contributed by atoms with Crippen molar-refractivity contribution in [1.29, 1.82) is 0 Å². The van der Waals surface area contributed by atoms with E-state index in [4.69, 9.17) is 4.74 Å². The Hall–Kier alpha value is -2.74. The third-order valence-corrected chi connectivity index (χ3v) is 4.93. The summed E-state index contributed by atoms with van der Waals surface area (Å²) in [5.74, 6) is 2.21. The molecule has 0 atom stereocenters. The Kier molecular flexibility index (Phi) is 4.89. The van der Waals surface area contributed by atoms with Gasteiger partial charge in [0.1, 0.15) is 11.6 Å². The zero-order valence-electron chi connectivity index (χ0n) is 16.0. The minimum Gasteiger partial charge on any atom is -0.381 e. The zero-order valence-corrected chi connectivity index (χ0v) is 16.0. The standard InChI is InChI=1S/C19H25N7O/c1-13(2)26-16-10-18(21-11-14(16)12-22-26)23-17-4-7-20-19(24-17)25-8-5-15(27-3)6-9-25/h4,7,10-13,15H,5-6,8-9H2,1-3H3,(H,20,21,23,24). The Morgan fingerprint density at radius 2 is 1.96 bits per heavy atom. The number of hydrogen-bond donors (Lipinski definition) is 1. The number of pyridine rings is 1. The van der Waals surface area contributed by atoms with Crippen LogP contribution in [-0.4, -0.2) is 51.0 Å². The lowest BCUT2D eigenvalue weighted by Gasteiger charge is -2.31. The molecule has 8 nitrogen and oxygen atoms in total. The van der Waals surface area contributed by atoms with Crippen LogP contribution in [0.25, 0.3) is 10.9 Å². The lowest BCUT2D eigenvalue weighted by atomic mass is 10.1. The van der Waals surface area contributed by atoms with Crippen LogP contribution in [0.2, 0.25) is 0 Å². The van der Waals surface area contributed by atoms with Gasteiger partial charge in [0.25, 0.3) is 0 Å². The van der Waals surface area contributed by atoms with Crippen molar-refractivity contribution in [2.24, 2.45) is 0 Å². The van der Waals surface area contributed by atoms with Gasteiger partial charge in [-0.15, -0.1) is 0 Å². The predicted molar refractivity (Wildman–Crippen MR) is 105 cm³/mol. The highest BCUT2D eigenvalue weighted by molar-refractivity contribution is 5.81. The van der Waals surface area contributed by atoms with Crippen molar-refractivity contribution in [2.45, 2.75) is 38.8 Å². The van der Waals surface area contributed by atoms with Crippen LogP contribution in [0.4, 0.5) is 17.6 Å². The van der Waals surface area contributed by atoms with Crippen LogP contribution < -0.4 is 10.2 Å². The summed E-state index contributed by atoms with van der Waals surface area (Å²) in [6.07, 6.45) is 7.79. The van der Waals surface area contributed by atoms with Gasteiger partial charge in [0.15, 0.2) is 0 Å². The third kappa shape index (κ3) is 3.71. The quantitative estimate of drug-likeness (QED) is 0.742. The first-order valence-electron chi connectivity index (χ1n) is 9.35. The highest BCUT2D eigenvalue weighted by Crippen LogP contribution is 2.23. The number of methoxy groups -OCH3 is 1. The van der Waals surface area contributed by atoms with Crippen LogP contribution in [0.1, 0.15) is 32.7 Å². The molecule has 0 radical (unpaired) electrons. The number of nitrogens with zero attached hydrogens (tertiary/aromatic N) is 6. The van der Waals surface area contributed by atoms with Crippen molar-refractivity contribution < 1.29 is 4.74 Å². The van der Waals surface area contributed by atoms with E-state index in [9.17, 15) is 0 Å². The van der Waals surface area contributed by atoms with E-state index in [1.807, 2.05) is 29.2 Å². The highest BCUT2D eigenvalue weighted by atomic mass is 16.5. The van der Waals surface area contributed by atoms with Gasteiger partial charge in [0, 0.05) is 50.1 Å². The Balaban J connectivity index is 1.53. The summed E-state index contributed by atoms with van der Waals surface area (Å²) in [5.41, 5.74) is 1.05. The normalized spacial score (nSPS) is 15.6. The van der Waals surface area contributed by atoms with Crippen LogP contribution in [0.15, 0.2) is 30.7 Å². The molecule has 0 saturated carbocycles. The molecular weight excluding hydrogens is 342 g/mol. The van der Waals surface area contributed by atoms with Gasteiger partial charge >= 0.3 is 0 Å². The van der Waals surface area contributed by atoms with Crippen molar-refractivity contribution >= 4 is 28.5 Å². The summed E-state index contributed by atoms with van der Waals surface area (Å²) in [4.78, 5) is 15.8. The monoisotopic (exact) mass is 367 g/mol. The van der Waals surface area contributed by atoms with Crippen molar-refractivity contribution in [3.8, 4) is 0 Å². The van der Waals surface area contributed by atoms with E-state index >= 15 is 0 Å². The summed E-state index contributed by atoms with van der Waals surface area (Å²) in [5, 5.41) is 8.76. The molecule has 4 heterocycles. The van der Waals surface area contributed by atoms with Crippen molar-refractivity contribution in [3.63, 3.8) is 0 Å². The van der Waals surface area contributed by atoms with E-state index in [0.29, 0.717) is 12.1 Å². The molecule has 0 amide bonds. The number of nitrogens with one attached hydrogen (secondary N) is 1. The van der Waals surface area contributed by atoms with E-state index in [-0.39, 0.29) is 0 Å². The third-order valence-electron chi connectivity index (χ3n) is 4.93. The molecule has 1 aliphatic heterocycles. The maximum Gasteiger partial charge on any atom is 0.227 e. The van der Waals surface area contributed by atoms with Crippen LogP contribution in [-0.2, 0) is 4.74 Å². The molecule has 0 aliphatic carbocycles. The number of rotatable bonds is 5. The minimum absolute atomic E-state index is 0.290. The Bertz CT molecular complexity index is 915. The molecular formula is C19H25N7O. The fourth-order valence-corrected chi connectivity index (χ4v) is 3.41. The van der Waals surface area contributed by atoms with E-state index in [0.717, 1.165) is 54.4 Å². The SMILES string of the molecule is COC1CCN(c2nccc(Nc3cc4c(cn3)cnn4C(C)C)n2)CC1. The van der Waals surface area contributed by atoms with E-state index < -0.39 is 0 Å². The van der Waals surface area contributed by atoms with Crippen molar-refractivity contribution in [2.75, 3.05) is 30.4 Å². The maximum atomic E-state index is 5.44. The number of ether oxygens (including phenoxy) is 1. The summed E-state index contributed by atoms with van der Waals surface area (Å²) < 4.78 is 7.43. The van der Waals surface area contributed by atoms with Crippen molar-refractivity contribution in [1.82, 2.24) is 24.7 Å². The first-order chi connectivity index (χ1) is 13.1. The number of piperidine rings is 1. The number of fused-ring (bicyclic) bond motifs is 1. The lowest BCUT2D eigenvalue weighted by molar-refractivity contribution is 0.0816. The fourth-order valence-electron chi connectivity index (χ4n) is 3.41. The molecule has 1 fully saturated rings. The molecule has 0 unspecified atom stereocenters. The summed E-state index contributed by atoms with van der Waals surface area (Å²) >= 11 is 0. The average molecular weight is 367 g/mol. The minimum atomic E-state index is 0.290. The predicted octanol–water partition coefficient (Wildman–Crippen LogP) is 3.16. The van der Waals surface area contributed by atoms with Gasteiger partial charge < -0.3 is 15.0 Å². The highest BCUT2D eigenvalue weighted by Gasteiger charge is 2.20. The Morgan fingerprint density at radius 3 is 2.70 bits per heavy atom.